The summed E-state index contributed by atoms with van der Waals surface area (Å²) in [6, 6.07) is 6.44. The molecule has 0 radical (unpaired) electrons. The SMILES string of the molecule is CCc1noc2cccc(N3CCCC(N)C3)c12. The van der Waals surface area contributed by atoms with Crippen molar-refractivity contribution in [2.75, 3.05) is 18.0 Å². The average molecular weight is 245 g/mol. The third-order valence-corrected chi connectivity index (χ3v) is 3.68. The Morgan fingerprint density at radius 3 is 3.17 bits per heavy atom. The van der Waals surface area contributed by atoms with E-state index in [1.807, 2.05) is 12.1 Å². The molecule has 0 amide bonds. The predicted molar refractivity (Wildman–Crippen MR) is 72.8 cm³/mol. The summed E-state index contributed by atoms with van der Waals surface area (Å²) in [5.74, 6) is 0. The van der Waals surface area contributed by atoms with Crippen LogP contribution in [0.3, 0.4) is 0 Å². The van der Waals surface area contributed by atoms with E-state index in [9.17, 15) is 0 Å². The maximum absolute atomic E-state index is 6.07. The van der Waals surface area contributed by atoms with Gasteiger partial charge in [0.05, 0.1) is 11.1 Å². The molecule has 0 aliphatic carbocycles. The second-order valence-electron chi connectivity index (χ2n) is 4.98. The molecule has 1 saturated heterocycles. The van der Waals surface area contributed by atoms with Gasteiger partial charge in [-0.25, -0.2) is 0 Å². The molecule has 2 heterocycles. The predicted octanol–water partition coefficient (Wildman–Crippen LogP) is 2.32. The van der Waals surface area contributed by atoms with Crippen LogP contribution in [0.15, 0.2) is 22.7 Å². The Hall–Kier alpha value is -1.55. The first-order valence-corrected chi connectivity index (χ1v) is 6.67. The Kier molecular flexibility index (Phi) is 2.96. The minimum absolute atomic E-state index is 0.277. The number of hydrogen-bond donors (Lipinski definition) is 1. The Bertz CT molecular complexity index is 549. The molecule has 2 N–H and O–H groups in total. The number of aromatic nitrogens is 1. The summed E-state index contributed by atoms with van der Waals surface area (Å²) in [4.78, 5) is 2.37. The van der Waals surface area contributed by atoms with E-state index in [-0.39, 0.29) is 6.04 Å². The van der Waals surface area contributed by atoms with Gasteiger partial charge in [-0.05, 0) is 31.4 Å². The monoisotopic (exact) mass is 245 g/mol. The summed E-state index contributed by atoms with van der Waals surface area (Å²) in [5, 5.41) is 5.32. The molecule has 4 nitrogen and oxygen atoms in total. The molecule has 1 unspecified atom stereocenters. The quantitative estimate of drug-likeness (QED) is 0.882. The molecule has 4 heteroatoms. The van der Waals surface area contributed by atoms with Crippen LogP contribution in [-0.2, 0) is 6.42 Å². The van der Waals surface area contributed by atoms with Crippen molar-refractivity contribution in [3.8, 4) is 0 Å². The standard InChI is InChI=1S/C14H19N3O/c1-2-11-14-12(6-3-7-13(14)18-16-11)17-8-4-5-10(15)9-17/h3,6-7,10H,2,4-5,8-9,15H2,1H3. The van der Waals surface area contributed by atoms with E-state index in [4.69, 9.17) is 10.3 Å². The topological polar surface area (TPSA) is 55.3 Å². The number of fused-ring (bicyclic) bond motifs is 1. The summed E-state index contributed by atoms with van der Waals surface area (Å²) in [7, 11) is 0. The van der Waals surface area contributed by atoms with Crippen molar-refractivity contribution in [1.82, 2.24) is 5.16 Å². The van der Waals surface area contributed by atoms with Gasteiger partial charge < -0.3 is 15.2 Å². The molecule has 1 atom stereocenters. The Balaban J connectivity index is 2.07. The third kappa shape index (κ3) is 1.86. The van der Waals surface area contributed by atoms with Crippen molar-refractivity contribution in [3.63, 3.8) is 0 Å². The third-order valence-electron chi connectivity index (χ3n) is 3.68. The Morgan fingerprint density at radius 1 is 1.50 bits per heavy atom. The summed E-state index contributed by atoms with van der Waals surface area (Å²) >= 11 is 0. The average Bonchev–Trinajstić information content (AvgIpc) is 2.81. The number of piperidine rings is 1. The smallest absolute Gasteiger partial charge is 0.169 e. The zero-order valence-electron chi connectivity index (χ0n) is 10.7. The van der Waals surface area contributed by atoms with E-state index < -0.39 is 0 Å². The molecule has 1 aliphatic heterocycles. The molecular weight excluding hydrogens is 226 g/mol. The van der Waals surface area contributed by atoms with Crippen LogP contribution in [0, 0.1) is 0 Å². The van der Waals surface area contributed by atoms with Crippen LogP contribution >= 0.6 is 0 Å². The van der Waals surface area contributed by atoms with Crippen LogP contribution in [-0.4, -0.2) is 24.3 Å². The molecule has 0 bridgehead atoms. The highest BCUT2D eigenvalue weighted by molar-refractivity contribution is 5.93. The van der Waals surface area contributed by atoms with Gasteiger partial charge in [-0.2, -0.15) is 0 Å². The van der Waals surface area contributed by atoms with Crippen LogP contribution in [0.1, 0.15) is 25.5 Å². The van der Waals surface area contributed by atoms with Crippen LogP contribution in [0.4, 0.5) is 5.69 Å². The molecule has 3 rings (SSSR count). The lowest BCUT2D eigenvalue weighted by Gasteiger charge is -2.33. The maximum atomic E-state index is 6.07. The van der Waals surface area contributed by atoms with Gasteiger partial charge in [-0.3, -0.25) is 0 Å². The van der Waals surface area contributed by atoms with Crippen molar-refractivity contribution >= 4 is 16.7 Å². The van der Waals surface area contributed by atoms with E-state index in [0.29, 0.717) is 0 Å². The summed E-state index contributed by atoms with van der Waals surface area (Å²) < 4.78 is 5.39. The molecule has 0 saturated carbocycles. The number of nitrogens with two attached hydrogens (primary N) is 1. The molecule has 18 heavy (non-hydrogen) atoms. The van der Waals surface area contributed by atoms with Gasteiger partial charge in [0.25, 0.3) is 0 Å². The highest BCUT2D eigenvalue weighted by Crippen LogP contribution is 2.31. The zero-order valence-corrected chi connectivity index (χ0v) is 10.7. The Labute approximate surface area is 107 Å². The first kappa shape index (κ1) is 11.5. The highest BCUT2D eigenvalue weighted by atomic mass is 16.5. The minimum atomic E-state index is 0.277. The number of nitrogens with zero attached hydrogens (tertiary/aromatic N) is 2. The number of benzene rings is 1. The molecule has 2 aromatic rings. The van der Waals surface area contributed by atoms with Crippen molar-refractivity contribution in [1.29, 1.82) is 0 Å². The largest absolute Gasteiger partial charge is 0.369 e. The van der Waals surface area contributed by atoms with E-state index >= 15 is 0 Å². The van der Waals surface area contributed by atoms with Gasteiger partial charge in [-0.1, -0.05) is 18.1 Å². The Morgan fingerprint density at radius 2 is 2.39 bits per heavy atom. The fourth-order valence-electron chi connectivity index (χ4n) is 2.77. The number of rotatable bonds is 2. The molecule has 1 fully saturated rings. The maximum Gasteiger partial charge on any atom is 0.169 e. The lowest BCUT2D eigenvalue weighted by molar-refractivity contribution is 0.447. The minimum Gasteiger partial charge on any atom is -0.369 e. The summed E-state index contributed by atoms with van der Waals surface area (Å²) in [6.07, 6.45) is 3.17. The molecule has 1 aromatic heterocycles. The fraction of sp³-hybridized carbons (Fsp3) is 0.500. The van der Waals surface area contributed by atoms with E-state index in [2.05, 4.69) is 23.0 Å². The van der Waals surface area contributed by atoms with Gasteiger partial charge in [-0.15, -0.1) is 0 Å². The first-order chi connectivity index (χ1) is 8.79. The first-order valence-electron chi connectivity index (χ1n) is 6.67. The van der Waals surface area contributed by atoms with Gasteiger partial charge in [0, 0.05) is 24.8 Å². The van der Waals surface area contributed by atoms with Crippen LogP contribution < -0.4 is 10.6 Å². The second kappa shape index (κ2) is 4.61. The normalized spacial score (nSPS) is 20.6. The van der Waals surface area contributed by atoms with Crippen molar-refractivity contribution in [2.24, 2.45) is 5.73 Å². The van der Waals surface area contributed by atoms with Crippen molar-refractivity contribution in [2.45, 2.75) is 32.2 Å². The number of hydrogen-bond acceptors (Lipinski definition) is 4. The van der Waals surface area contributed by atoms with Crippen LogP contribution in [0.25, 0.3) is 11.0 Å². The van der Waals surface area contributed by atoms with Gasteiger partial charge in [0.15, 0.2) is 5.58 Å². The van der Waals surface area contributed by atoms with Gasteiger partial charge in [0.1, 0.15) is 0 Å². The van der Waals surface area contributed by atoms with Crippen molar-refractivity contribution < 1.29 is 4.52 Å². The zero-order chi connectivity index (χ0) is 12.5. The number of anilines is 1. The molecule has 96 valence electrons. The molecule has 1 aliphatic rings. The van der Waals surface area contributed by atoms with E-state index in [0.717, 1.165) is 49.0 Å². The molecule has 0 spiro atoms. The van der Waals surface area contributed by atoms with Crippen LogP contribution in [0.5, 0.6) is 0 Å². The summed E-state index contributed by atoms with van der Waals surface area (Å²) in [5.41, 5.74) is 9.21. The lowest BCUT2D eigenvalue weighted by atomic mass is 10.0. The van der Waals surface area contributed by atoms with E-state index in [1.165, 1.54) is 5.69 Å². The molecular formula is C14H19N3O. The second-order valence-corrected chi connectivity index (χ2v) is 4.98. The van der Waals surface area contributed by atoms with Crippen LogP contribution in [0.2, 0.25) is 0 Å². The van der Waals surface area contributed by atoms with E-state index in [1.54, 1.807) is 0 Å². The lowest BCUT2D eigenvalue weighted by Crippen LogP contribution is -2.42. The highest BCUT2D eigenvalue weighted by Gasteiger charge is 2.21. The summed E-state index contributed by atoms with van der Waals surface area (Å²) in [6.45, 7) is 4.10. The number of aryl methyl sites for hydroxylation is 1. The molecule has 1 aromatic carbocycles. The fourth-order valence-corrected chi connectivity index (χ4v) is 2.77. The van der Waals surface area contributed by atoms with Crippen molar-refractivity contribution in [3.05, 3.63) is 23.9 Å². The van der Waals surface area contributed by atoms with Gasteiger partial charge in [0.2, 0.25) is 0 Å². The van der Waals surface area contributed by atoms with Gasteiger partial charge >= 0.3 is 0 Å².